The van der Waals surface area contributed by atoms with E-state index in [0.29, 0.717) is 42.4 Å². The van der Waals surface area contributed by atoms with Gasteiger partial charge >= 0.3 is 6.30 Å². The molecule has 0 radical (unpaired) electrons. The zero-order valence-corrected chi connectivity index (χ0v) is 17.8. The second-order valence-corrected chi connectivity index (χ2v) is 8.68. The maximum Gasteiger partial charge on any atom is 0.484 e. The first kappa shape index (κ1) is 22.6. The molecule has 0 spiro atoms. The minimum Gasteiger partial charge on any atom is -0.287 e. The van der Waals surface area contributed by atoms with Crippen LogP contribution < -0.4 is 0 Å². The van der Waals surface area contributed by atoms with Gasteiger partial charge in [-0.2, -0.15) is 18.1 Å². The summed E-state index contributed by atoms with van der Waals surface area (Å²) in [6.45, 7) is 5.11. The van der Waals surface area contributed by atoms with Crippen molar-refractivity contribution in [2.24, 2.45) is 5.18 Å². The van der Waals surface area contributed by atoms with Gasteiger partial charge in [-0.05, 0) is 78.5 Å². The molecule has 0 aromatic heterocycles. The molecule has 0 N–H and O–H groups in total. The summed E-state index contributed by atoms with van der Waals surface area (Å²) in [6.07, 6.45) is 3.64. The molecule has 1 aliphatic heterocycles. The molecule has 0 saturated heterocycles. The molecule has 1 aliphatic carbocycles. The van der Waals surface area contributed by atoms with Crippen LogP contribution in [0.15, 0.2) is 64.3 Å². The number of benzene rings is 1. The smallest absolute Gasteiger partial charge is 0.287 e. The zero-order chi connectivity index (χ0) is 21.7. The molecule has 1 aromatic carbocycles. The molecule has 1 atom stereocenters. The van der Waals surface area contributed by atoms with E-state index < -0.39 is 6.30 Å². The molecule has 1 heterocycles. The van der Waals surface area contributed by atoms with Crippen molar-refractivity contribution in [1.82, 2.24) is 9.21 Å². The maximum absolute atomic E-state index is 13.1. The molecule has 0 amide bonds. The monoisotopic (exact) mass is 437 g/mol. The van der Waals surface area contributed by atoms with Gasteiger partial charge in [-0.1, -0.05) is 30.0 Å². The fourth-order valence-electron chi connectivity index (χ4n) is 4.03. The maximum atomic E-state index is 13.1. The van der Waals surface area contributed by atoms with E-state index in [-0.39, 0.29) is 5.70 Å². The lowest BCUT2D eigenvalue weighted by Gasteiger charge is -2.31. The Kier molecular flexibility index (Phi) is 7.41. The summed E-state index contributed by atoms with van der Waals surface area (Å²) >= 11 is 1.63. The SMILES string of the molecule is C=C/C=C(/C1=CCN(Sc2ccc3c(c2)C(CCN=O)CC3)CC1)N(C)C(F)(F)F. The van der Waals surface area contributed by atoms with Crippen molar-refractivity contribution >= 4 is 11.9 Å². The number of alkyl halides is 3. The summed E-state index contributed by atoms with van der Waals surface area (Å²) in [5, 5.41) is 3.00. The molecular formula is C22H26F3N3OS. The van der Waals surface area contributed by atoms with Crippen molar-refractivity contribution in [3.63, 3.8) is 0 Å². The van der Waals surface area contributed by atoms with Crippen LogP contribution in [0.4, 0.5) is 13.2 Å². The highest BCUT2D eigenvalue weighted by atomic mass is 32.2. The van der Waals surface area contributed by atoms with Crippen molar-refractivity contribution in [2.75, 3.05) is 26.7 Å². The van der Waals surface area contributed by atoms with Gasteiger partial charge in [0.25, 0.3) is 0 Å². The lowest BCUT2D eigenvalue weighted by atomic mass is 9.98. The zero-order valence-electron chi connectivity index (χ0n) is 17.0. The summed E-state index contributed by atoms with van der Waals surface area (Å²) in [4.78, 5) is 11.9. The summed E-state index contributed by atoms with van der Waals surface area (Å²) in [5.41, 5.74) is 3.47. The van der Waals surface area contributed by atoms with Crippen LogP contribution in [0.3, 0.4) is 0 Å². The van der Waals surface area contributed by atoms with Crippen molar-refractivity contribution in [1.29, 1.82) is 0 Å². The van der Waals surface area contributed by atoms with E-state index in [1.54, 1.807) is 11.9 Å². The highest BCUT2D eigenvalue weighted by Gasteiger charge is 2.36. The summed E-state index contributed by atoms with van der Waals surface area (Å²) in [6, 6.07) is 6.45. The molecule has 0 bridgehead atoms. The Balaban J connectivity index is 1.67. The Hall–Kier alpha value is -2.06. The Labute approximate surface area is 179 Å². The van der Waals surface area contributed by atoms with Gasteiger partial charge in [0, 0.05) is 30.7 Å². The Morgan fingerprint density at radius 3 is 2.83 bits per heavy atom. The van der Waals surface area contributed by atoms with E-state index >= 15 is 0 Å². The standard InChI is InChI=1S/C22H26F3N3OS/c1-3-4-21(27(2)22(23,24)25)18-10-13-28(14-11-18)30-19-8-7-16-5-6-17(9-12-26-29)20(16)15-19/h3-4,7-8,10,15,17H,1,5-6,9,11-14H2,2H3/b21-4-. The summed E-state index contributed by atoms with van der Waals surface area (Å²) in [7, 11) is 1.04. The van der Waals surface area contributed by atoms with Crippen LogP contribution in [0, 0.1) is 4.91 Å². The average molecular weight is 438 g/mol. The van der Waals surface area contributed by atoms with Gasteiger partial charge in [-0.25, -0.2) is 4.31 Å². The van der Waals surface area contributed by atoms with E-state index in [1.807, 2.05) is 6.08 Å². The number of hydrogen-bond donors (Lipinski definition) is 0. The largest absolute Gasteiger partial charge is 0.484 e. The molecule has 2 aliphatic rings. The second kappa shape index (κ2) is 9.83. The molecule has 3 rings (SSSR count). The molecule has 1 aromatic rings. The highest BCUT2D eigenvalue weighted by molar-refractivity contribution is 7.97. The number of nitroso groups, excluding NO2 is 1. The molecular weight excluding hydrogens is 411 g/mol. The Bertz CT molecular complexity index is 851. The van der Waals surface area contributed by atoms with E-state index in [2.05, 4.69) is 34.3 Å². The third kappa shape index (κ3) is 5.35. The molecule has 30 heavy (non-hydrogen) atoms. The first-order valence-electron chi connectivity index (χ1n) is 10.0. The lowest BCUT2D eigenvalue weighted by Crippen LogP contribution is -2.35. The second-order valence-electron chi connectivity index (χ2n) is 7.51. The third-order valence-electron chi connectivity index (χ3n) is 5.64. The number of halogens is 3. The quantitative estimate of drug-likeness (QED) is 0.215. The van der Waals surface area contributed by atoms with Crippen LogP contribution in [-0.2, 0) is 6.42 Å². The van der Waals surface area contributed by atoms with Crippen molar-refractivity contribution in [3.05, 3.63) is 70.3 Å². The normalized spacial score (nSPS) is 19.9. The van der Waals surface area contributed by atoms with Crippen molar-refractivity contribution in [2.45, 2.75) is 42.8 Å². The number of fused-ring (bicyclic) bond motifs is 1. The van der Waals surface area contributed by atoms with Gasteiger partial charge in [-0.3, -0.25) is 4.90 Å². The fraction of sp³-hybridized carbons (Fsp3) is 0.455. The van der Waals surface area contributed by atoms with Gasteiger partial charge in [0.05, 0.1) is 6.54 Å². The lowest BCUT2D eigenvalue weighted by molar-refractivity contribution is -0.222. The highest BCUT2D eigenvalue weighted by Crippen LogP contribution is 2.39. The molecule has 1 unspecified atom stereocenters. The predicted octanol–water partition coefficient (Wildman–Crippen LogP) is 6.03. The van der Waals surface area contributed by atoms with Crippen LogP contribution in [0.1, 0.15) is 36.3 Å². The number of hydrogen-bond acceptors (Lipinski definition) is 5. The van der Waals surface area contributed by atoms with Crippen molar-refractivity contribution in [3.8, 4) is 0 Å². The number of aryl methyl sites for hydroxylation is 1. The minimum absolute atomic E-state index is 0.145. The van der Waals surface area contributed by atoms with Crippen LogP contribution >= 0.6 is 11.9 Å². The molecule has 8 heteroatoms. The summed E-state index contributed by atoms with van der Waals surface area (Å²) < 4.78 is 41.6. The van der Waals surface area contributed by atoms with Gasteiger partial charge < -0.3 is 0 Å². The van der Waals surface area contributed by atoms with Gasteiger partial charge in [0.2, 0.25) is 0 Å². The number of rotatable bonds is 8. The van der Waals surface area contributed by atoms with Crippen LogP contribution in [-0.4, -0.2) is 42.2 Å². The van der Waals surface area contributed by atoms with Crippen LogP contribution in [0.25, 0.3) is 0 Å². The average Bonchev–Trinajstić information content (AvgIpc) is 3.12. The topological polar surface area (TPSA) is 35.9 Å². The Morgan fingerprint density at radius 1 is 1.40 bits per heavy atom. The van der Waals surface area contributed by atoms with Gasteiger partial charge in [0.1, 0.15) is 0 Å². The first-order chi connectivity index (χ1) is 14.3. The van der Waals surface area contributed by atoms with Gasteiger partial charge in [0.15, 0.2) is 0 Å². The molecule has 0 saturated carbocycles. The number of nitrogens with zero attached hydrogens (tertiary/aromatic N) is 3. The summed E-state index contributed by atoms with van der Waals surface area (Å²) in [5.74, 6) is 0.385. The molecule has 4 nitrogen and oxygen atoms in total. The Morgan fingerprint density at radius 2 is 2.20 bits per heavy atom. The molecule has 0 fully saturated rings. The van der Waals surface area contributed by atoms with E-state index in [4.69, 9.17) is 0 Å². The predicted molar refractivity (Wildman–Crippen MR) is 115 cm³/mol. The van der Waals surface area contributed by atoms with Gasteiger partial charge in [-0.15, -0.1) is 0 Å². The van der Waals surface area contributed by atoms with Crippen LogP contribution in [0.2, 0.25) is 0 Å². The van der Waals surface area contributed by atoms with Crippen LogP contribution in [0.5, 0.6) is 0 Å². The number of likely N-dealkylation sites (N-methyl/N-ethyl adjacent to an activating group) is 1. The minimum atomic E-state index is -4.43. The fourth-order valence-corrected chi connectivity index (χ4v) is 4.97. The van der Waals surface area contributed by atoms with E-state index in [1.165, 1.54) is 23.3 Å². The first-order valence-corrected chi connectivity index (χ1v) is 10.8. The van der Waals surface area contributed by atoms with E-state index in [9.17, 15) is 18.1 Å². The third-order valence-corrected chi connectivity index (χ3v) is 6.70. The molecule has 162 valence electrons. The number of allylic oxidation sites excluding steroid dienone is 3. The van der Waals surface area contributed by atoms with E-state index in [0.717, 1.165) is 31.2 Å². The van der Waals surface area contributed by atoms with Crippen molar-refractivity contribution < 1.29 is 13.2 Å².